The van der Waals surface area contributed by atoms with Gasteiger partial charge in [-0.2, -0.15) is 8.75 Å². The van der Waals surface area contributed by atoms with Crippen LogP contribution in [0.5, 0.6) is 0 Å². The molecule has 2 rings (SSSR count). The Balaban J connectivity index is 1.93. The van der Waals surface area contributed by atoms with Crippen LogP contribution < -0.4 is 10.6 Å². The lowest BCUT2D eigenvalue weighted by atomic mass is 10.00. The Morgan fingerprint density at radius 3 is 3.27 bits per heavy atom. The van der Waals surface area contributed by atoms with E-state index in [9.17, 15) is 4.79 Å². The first kappa shape index (κ1) is 10.5. The lowest BCUT2D eigenvalue weighted by molar-refractivity contribution is 0.0915. The Labute approximate surface area is 92.6 Å². The van der Waals surface area contributed by atoms with Gasteiger partial charge < -0.3 is 10.6 Å². The Kier molecular flexibility index (Phi) is 3.27. The number of nitrogens with zero attached hydrogens (tertiary/aromatic N) is 2. The maximum atomic E-state index is 11.7. The van der Waals surface area contributed by atoms with E-state index in [0.717, 1.165) is 31.1 Å². The molecule has 0 aromatic carbocycles. The van der Waals surface area contributed by atoms with E-state index in [-0.39, 0.29) is 11.9 Å². The molecule has 2 unspecified atom stereocenters. The van der Waals surface area contributed by atoms with Crippen LogP contribution in [-0.2, 0) is 0 Å². The largest absolute Gasteiger partial charge is 0.346 e. The van der Waals surface area contributed by atoms with Crippen molar-refractivity contribution in [2.75, 3.05) is 6.54 Å². The highest BCUT2D eigenvalue weighted by Crippen LogP contribution is 2.09. The SMILES string of the molecule is CC1NCCCC1NC(=O)c1cnsn1. The molecule has 2 heterocycles. The first-order valence-corrected chi connectivity index (χ1v) is 5.82. The van der Waals surface area contributed by atoms with E-state index in [2.05, 4.69) is 26.3 Å². The van der Waals surface area contributed by atoms with Crippen molar-refractivity contribution in [2.24, 2.45) is 0 Å². The van der Waals surface area contributed by atoms with Crippen LogP contribution in [0, 0.1) is 0 Å². The summed E-state index contributed by atoms with van der Waals surface area (Å²) in [4.78, 5) is 11.7. The average molecular weight is 226 g/mol. The fraction of sp³-hybridized carbons (Fsp3) is 0.667. The van der Waals surface area contributed by atoms with E-state index in [1.807, 2.05) is 0 Å². The van der Waals surface area contributed by atoms with Gasteiger partial charge in [-0.3, -0.25) is 4.79 Å². The van der Waals surface area contributed by atoms with Gasteiger partial charge >= 0.3 is 0 Å². The summed E-state index contributed by atoms with van der Waals surface area (Å²) in [5.74, 6) is -0.121. The second-order valence-electron chi connectivity index (χ2n) is 3.76. The molecule has 2 atom stereocenters. The number of hydrogen-bond donors (Lipinski definition) is 2. The van der Waals surface area contributed by atoms with Gasteiger partial charge in [0.2, 0.25) is 0 Å². The van der Waals surface area contributed by atoms with E-state index < -0.39 is 0 Å². The zero-order chi connectivity index (χ0) is 10.7. The monoisotopic (exact) mass is 226 g/mol. The van der Waals surface area contributed by atoms with Crippen molar-refractivity contribution in [1.82, 2.24) is 19.4 Å². The van der Waals surface area contributed by atoms with Crippen molar-refractivity contribution in [3.63, 3.8) is 0 Å². The lowest BCUT2D eigenvalue weighted by Gasteiger charge is -2.30. The highest BCUT2D eigenvalue weighted by molar-refractivity contribution is 6.99. The second kappa shape index (κ2) is 4.67. The summed E-state index contributed by atoms with van der Waals surface area (Å²) in [6, 6.07) is 0.530. The normalized spacial score (nSPS) is 26.2. The fourth-order valence-corrected chi connectivity index (χ4v) is 2.16. The van der Waals surface area contributed by atoms with Gasteiger partial charge in [-0.1, -0.05) is 0 Å². The number of carbonyl (C=O) groups is 1. The highest BCUT2D eigenvalue weighted by atomic mass is 32.1. The summed E-state index contributed by atoms with van der Waals surface area (Å²) in [6.45, 7) is 3.12. The quantitative estimate of drug-likeness (QED) is 0.766. The lowest BCUT2D eigenvalue weighted by Crippen LogP contribution is -2.51. The fourth-order valence-electron chi connectivity index (χ4n) is 1.75. The van der Waals surface area contributed by atoms with Crippen LogP contribution in [0.2, 0.25) is 0 Å². The van der Waals surface area contributed by atoms with Crippen LogP contribution in [0.4, 0.5) is 0 Å². The predicted octanol–water partition coefficient (Wildman–Crippen LogP) is 0.408. The zero-order valence-corrected chi connectivity index (χ0v) is 9.38. The minimum absolute atomic E-state index is 0.121. The summed E-state index contributed by atoms with van der Waals surface area (Å²) in [7, 11) is 0. The van der Waals surface area contributed by atoms with Crippen LogP contribution >= 0.6 is 11.7 Å². The van der Waals surface area contributed by atoms with Gasteiger partial charge in [-0.05, 0) is 26.3 Å². The molecular weight excluding hydrogens is 212 g/mol. The van der Waals surface area contributed by atoms with Gasteiger partial charge in [0.1, 0.15) is 0 Å². The molecule has 0 bridgehead atoms. The van der Waals surface area contributed by atoms with E-state index in [1.165, 1.54) is 6.20 Å². The van der Waals surface area contributed by atoms with Crippen LogP contribution in [0.1, 0.15) is 30.3 Å². The average Bonchev–Trinajstić information content (AvgIpc) is 2.74. The number of amides is 1. The van der Waals surface area contributed by atoms with Gasteiger partial charge in [0, 0.05) is 12.1 Å². The molecule has 0 radical (unpaired) electrons. The molecule has 1 amide bonds. The van der Waals surface area contributed by atoms with Crippen molar-refractivity contribution in [2.45, 2.75) is 31.8 Å². The van der Waals surface area contributed by atoms with Crippen molar-refractivity contribution in [1.29, 1.82) is 0 Å². The van der Waals surface area contributed by atoms with Crippen LogP contribution in [0.15, 0.2) is 6.20 Å². The summed E-state index contributed by atoms with van der Waals surface area (Å²) >= 11 is 1.05. The van der Waals surface area contributed by atoms with E-state index in [1.54, 1.807) is 0 Å². The van der Waals surface area contributed by atoms with Crippen LogP contribution in [0.3, 0.4) is 0 Å². The number of nitrogens with one attached hydrogen (secondary N) is 2. The van der Waals surface area contributed by atoms with Crippen molar-refractivity contribution < 1.29 is 4.79 Å². The Bertz CT molecular complexity index is 327. The number of piperidine rings is 1. The Morgan fingerprint density at radius 2 is 2.60 bits per heavy atom. The topological polar surface area (TPSA) is 66.9 Å². The third-order valence-electron chi connectivity index (χ3n) is 2.67. The summed E-state index contributed by atoms with van der Waals surface area (Å²) in [5.41, 5.74) is 0.415. The van der Waals surface area contributed by atoms with Crippen molar-refractivity contribution in [3.05, 3.63) is 11.9 Å². The van der Waals surface area contributed by atoms with Crippen molar-refractivity contribution >= 4 is 17.6 Å². The molecule has 1 aromatic rings. The summed E-state index contributed by atoms with van der Waals surface area (Å²) in [6.07, 6.45) is 3.63. The maximum Gasteiger partial charge on any atom is 0.272 e. The minimum Gasteiger partial charge on any atom is -0.346 e. The van der Waals surface area contributed by atoms with Gasteiger partial charge in [-0.15, -0.1) is 0 Å². The molecule has 5 nitrogen and oxygen atoms in total. The second-order valence-corrected chi connectivity index (χ2v) is 4.31. The number of carbonyl (C=O) groups excluding carboxylic acids is 1. The number of aromatic nitrogens is 2. The third-order valence-corrected chi connectivity index (χ3v) is 3.15. The van der Waals surface area contributed by atoms with Gasteiger partial charge in [0.05, 0.1) is 17.9 Å². The Morgan fingerprint density at radius 1 is 1.73 bits per heavy atom. The first-order chi connectivity index (χ1) is 7.27. The molecule has 82 valence electrons. The molecule has 1 aliphatic heterocycles. The third kappa shape index (κ3) is 2.51. The van der Waals surface area contributed by atoms with E-state index in [4.69, 9.17) is 0 Å². The molecule has 1 saturated heterocycles. The number of rotatable bonds is 2. The molecule has 0 aliphatic carbocycles. The minimum atomic E-state index is -0.121. The molecule has 1 aromatic heterocycles. The van der Waals surface area contributed by atoms with E-state index >= 15 is 0 Å². The van der Waals surface area contributed by atoms with Gasteiger partial charge in [0.15, 0.2) is 5.69 Å². The zero-order valence-electron chi connectivity index (χ0n) is 8.56. The molecule has 0 spiro atoms. The molecule has 0 saturated carbocycles. The standard InChI is InChI=1S/C9H14N4OS/c1-6-7(3-2-4-10-6)12-9(14)8-5-11-15-13-8/h5-7,10H,2-4H2,1H3,(H,12,14). The summed E-state index contributed by atoms with van der Waals surface area (Å²) in [5, 5.41) is 6.31. The molecular formula is C9H14N4OS. The van der Waals surface area contributed by atoms with Crippen LogP contribution in [-0.4, -0.2) is 33.3 Å². The molecule has 1 fully saturated rings. The molecule has 6 heteroatoms. The number of hydrogen-bond acceptors (Lipinski definition) is 5. The molecule has 2 N–H and O–H groups in total. The predicted molar refractivity (Wildman–Crippen MR) is 57.9 cm³/mol. The Hall–Kier alpha value is -1.01. The van der Waals surface area contributed by atoms with Crippen LogP contribution in [0.25, 0.3) is 0 Å². The smallest absolute Gasteiger partial charge is 0.272 e. The highest BCUT2D eigenvalue weighted by Gasteiger charge is 2.23. The first-order valence-electron chi connectivity index (χ1n) is 5.09. The van der Waals surface area contributed by atoms with Gasteiger partial charge in [0.25, 0.3) is 5.91 Å². The summed E-state index contributed by atoms with van der Waals surface area (Å²) < 4.78 is 7.71. The molecule has 1 aliphatic rings. The van der Waals surface area contributed by atoms with Crippen molar-refractivity contribution in [3.8, 4) is 0 Å². The van der Waals surface area contributed by atoms with E-state index in [0.29, 0.717) is 11.7 Å². The maximum absolute atomic E-state index is 11.7. The molecule has 15 heavy (non-hydrogen) atoms. The van der Waals surface area contributed by atoms with Gasteiger partial charge in [-0.25, -0.2) is 0 Å².